The van der Waals surface area contributed by atoms with Crippen molar-refractivity contribution in [1.82, 2.24) is 10.2 Å². The Morgan fingerprint density at radius 2 is 1.71 bits per heavy atom. The molecule has 1 aliphatic heterocycles. The van der Waals surface area contributed by atoms with E-state index in [0.717, 1.165) is 24.9 Å². The summed E-state index contributed by atoms with van der Waals surface area (Å²) in [5.41, 5.74) is 5.57. The topological polar surface area (TPSA) is 64.7 Å². The fourth-order valence-electron chi connectivity index (χ4n) is 4.02. The number of carbonyl (C=O) groups excluding carboxylic acids is 2. The number of nitrogens with zero attached hydrogens (tertiary/aromatic N) is 2. The fraction of sp³-hybridized carbons (Fsp3) is 0.440. The Morgan fingerprint density at radius 1 is 1.03 bits per heavy atom. The van der Waals surface area contributed by atoms with Crippen LogP contribution in [-0.2, 0) is 16.0 Å². The molecule has 1 aliphatic rings. The highest BCUT2D eigenvalue weighted by Gasteiger charge is 2.21. The van der Waals surface area contributed by atoms with Gasteiger partial charge in [-0.15, -0.1) is 0 Å². The lowest BCUT2D eigenvalue weighted by molar-refractivity contribution is -0.136. The number of hydrogen-bond donors (Lipinski definition) is 2. The minimum Gasteiger partial charge on any atom is -0.374 e. The van der Waals surface area contributed by atoms with E-state index in [2.05, 4.69) is 59.5 Å². The minimum atomic E-state index is -0.651. The van der Waals surface area contributed by atoms with Crippen molar-refractivity contribution in [2.45, 2.75) is 38.6 Å². The molecule has 0 saturated carbocycles. The molecular weight excluding hydrogens is 388 g/mol. The second-order valence-corrected chi connectivity index (χ2v) is 8.83. The van der Waals surface area contributed by atoms with Crippen LogP contribution >= 0.6 is 0 Å². The highest BCUT2D eigenvalue weighted by molar-refractivity contribution is 6.39. The largest absolute Gasteiger partial charge is 0.374 e. The summed E-state index contributed by atoms with van der Waals surface area (Å²) in [5, 5.41) is 5.47. The maximum Gasteiger partial charge on any atom is 0.313 e. The first-order chi connectivity index (χ1) is 14.8. The number of benzene rings is 2. The van der Waals surface area contributed by atoms with E-state index in [9.17, 15) is 9.59 Å². The molecule has 1 heterocycles. The number of likely N-dealkylation sites (N-methyl/N-ethyl adjacent to an activating group) is 1. The lowest BCUT2D eigenvalue weighted by Crippen LogP contribution is -2.40. The van der Waals surface area contributed by atoms with Crippen LogP contribution in [0.1, 0.15) is 48.9 Å². The Balaban J connectivity index is 1.62. The summed E-state index contributed by atoms with van der Waals surface area (Å²) in [6, 6.07) is 14.1. The van der Waals surface area contributed by atoms with Crippen molar-refractivity contribution in [3.63, 3.8) is 0 Å². The van der Waals surface area contributed by atoms with E-state index >= 15 is 0 Å². The van der Waals surface area contributed by atoms with Gasteiger partial charge < -0.3 is 20.4 Å². The van der Waals surface area contributed by atoms with Gasteiger partial charge in [0.05, 0.1) is 6.04 Å². The maximum absolute atomic E-state index is 12.4. The summed E-state index contributed by atoms with van der Waals surface area (Å²) in [4.78, 5) is 29.1. The molecule has 2 aromatic carbocycles. The molecule has 0 fully saturated rings. The van der Waals surface area contributed by atoms with Crippen molar-refractivity contribution in [1.29, 1.82) is 0 Å². The normalized spacial score (nSPS) is 14.4. The minimum absolute atomic E-state index is 0.0143. The van der Waals surface area contributed by atoms with Crippen molar-refractivity contribution >= 4 is 23.2 Å². The third-order valence-corrected chi connectivity index (χ3v) is 5.96. The number of fused-ring (bicyclic) bond motifs is 1. The summed E-state index contributed by atoms with van der Waals surface area (Å²) < 4.78 is 0. The van der Waals surface area contributed by atoms with Gasteiger partial charge in [0, 0.05) is 31.5 Å². The van der Waals surface area contributed by atoms with Crippen molar-refractivity contribution in [3.8, 4) is 0 Å². The van der Waals surface area contributed by atoms with E-state index in [1.807, 2.05) is 38.4 Å². The van der Waals surface area contributed by atoms with Crippen LogP contribution in [0.4, 0.5) is 11.4 Å². The molecule has 2 N–H and O–H groups in total. The third kappa shape index (κ3) is 5.64. The third-order valence-electron chi connectivity index (χ3n) is 5.96. The Labute approximate surface area is 185 Å². The SMILES string of the molecule is CC(C)c1ccc(NC(=O)C(=O)NC[C@H](c2ccc3c(c2)CCCN3C)N(C)C)cc1. The standard InChI is InChI=1S/C25H34N4O2/c1-17(2)18-8-11-21(12-9-18)27-25(31)24(30)26-16-23(28(3)4)20-10-13-22-19(15-20)7-6-14-29(22)5/h8-13,15,17,23H,6-7,14,16H2,1-5H3,(H,26,30)(H,27,31)/t23-/m1/s1. The Morgan fingerprint density at radius 3 is 2.35 bits per heavy atom. The zero-order chi connectivity index (χ0) is 22.5. The van der Waals surface area contributed by atoms with Gasteiger partial charge in [-0.1, -0.05) is 38.1 Å². The van der Waals surface area contributed by atoms with Crippen LogP contribution in [0.3, 0.4) is 0 Å². The van der Waals surface area contributed by atoms with Crippen LogP contribution in [-0.4, -0.2) is 50.9 Å². The van der Waals surface area contributed by atoms with E-state index in [1.165, 1.54) is 16.8 Å². The van der Waals surface area contributed by atoms with Crippen LogP contribution in [0.5, 0.6) is 0 Å². The van der Waals surface area contributed by atoms with Gasteiger partial charge in [-0.25, -0.2) is 0 Å². The van der Waals surface area contributed by atoms with Crippen molar-refractivity contribution in [3.05, 3.63) is 59.2 Å². The maximum atomic E-state index is 12.4. The first-order valence-electron chi connectivity index (χ1n) is 11.0. The lowest BCUT2D eigenvalue weighted by Gasteiger charge is -2.30. The van der Waals surface area contributed by atoms with Crippen LogP contribution in [0, 0.1) is 0 Å². The molecule has 0 saturated heterocycles. The average Bonchev–Trinajstić information content (AvgIpc) is 2.74. The number of hydrogen-bond acceptors (Lipinski definition) is 4. The first-order valence-corrected chi connectivity index (χ1v) is 11.0. The summed E-state index contributed by atoms with van der Waals surface area (Å²) in [7, 11) is 6.09. The number of amides is 2. The molecule has 2 amide bonds. The monoisotopic (exact) mass is 422 g/mol. The van der Waals surface area contributed by atoms with Gasteiger partial charge in [0.25, 0.3) is 0 Å². The summed E-state index contributed by atoms with van der Waals surface area (Å²) in [5.74, 6) is -0.862. The number of aryl methyl sites for hydroxylation is 1. The molecule has 6 nitrogen and oxygen atoms in total. The molecule has 0 aliphatic carbocycles. The van der Waals surface area contributed by atoms with E-state index in [4.69, 9.17) is 0 Å². The second kappa shape index (κ2) is 9.96. The fourth-order valence-corrected chi connectivity index (χ4v) is 4.02. The highest BCUT2D eigenvalue weighted by atomic mass is 16.2. The Bertz CT molecular complexity index is 922. The summed E-state index contributed by atoms with van der Waals surface area (Å²) >= 11 is 0. The van der Waals surface area contributed by atoms with E-state index in [-0.39, 0.29) is 6.04 Å². The zero-order valence-electron chi connectivity index (χ0n) is 19.2. The van der Waals surface area contributed by atoms with Gasteiger partial charge in [0.15, 0.2) is 0 Å². The Hall–Kier alpha value is -2.86. The van der Waals surface area contributed by atoms with E-state index < -0.39 is 11.8 Å². The summed E-state index contributed by atoms with van der Waals surface area (Å²) in [6.07, 6.45) is 2.21. The number of anilines is 2. The lowest BCUT2D eigenvalue weighted by atomic mass is 9.96. The predicted octanol–water partition coefficient (Wildman–Crippen LogP) is 3.55. The molecule has 31 heavy (non-hydrogen) atoms. The molecule has 6 heteroatoms. The van der Waals surface area contributed by atoms with Crippen molar-refractivity contribution < 1.29 is 9.59 Å². The molecule has 3 rings (SSSR count). The Kier molecular flexibility index (Phi) is 7.33. The van der Waals surface area contributed by atoms with Crippen molar-refractivity contribution in [2.75, 3.05) is 44.4 Å². The van der Waals surface area contributed by atoms with Gasteiger partial charge in [-0.2, -0.15) is 0 Å². The molecule has 0 unspecified atom stereocenters. The molecule has 166 valence electrons. The van der Waals surface area contributed by atoms with Crippen LogP contribution < -0.4 is 15.5 Å². The van der Waals surface area contributed by atoms with Gasteiger partial charge >= 0.3 is 11.8 Å². The number of nitrogens with one attached hydrogen (secondary N) is 2. The van der Waals surface area contributed by atoms with Crippen molar-refractivity contribution in [2.24, 2.45) is 0 Å². The van der Waals surface area contributed by atoms with Crippen LogP contribution in [0.15, 0.2) is 42.5 Å². The molecule has 2 aromatic rings. The molecule has 0 aromatic heterocycles. The second-order valence-electron chi connectivity index (χ2n) is 8.83. The summed E-state index contributed by atoms with van der Waals surface area (Å²) in [6.45, 7) is 5.67. The molecule has 0 spiro atoms. The molecule has 1 atom stereocenters. The van der Waals surface area contributed by atoms with Gasteiger partial charge in [0.2, 0.25) is 0 Å². The van der Waals surface area contributed by atoms with Crippen LogP contribution in [0.2, 0.25) is 0 Å². The van der Waals surface area contributed by atoms with Crippen LogP contribution in [0.25, 0.3) is 0 Å². The zero-order valence-corrected chi connectivity index (χ0v) is 19.2. The van der Waals surface area contributed by atoms with E-state index in [1.54, 1.807) is 0 Å². The first kappa shape index (κ1) is 22.8. The highest BCUT2D eigenvalue weighted by Crippen LogP contribution is 2.30. The van der Waals surface area contributed by atoms with E-state index in [0.29, 0.717) is 18.2 Å². The number of rotatable bonds is 6. The molecular formula is C25H34N4O2. The average molecular weight is 423 g/mol. The smallest absolute Gasteiger partial charge is 0.313 e. The van der Waals surface area contributed by atoms with Gasteiger partial charge in [-0.05, 0) is 67.7 Å². The quantitative estimate of drug-likeness (QED) is 0.699. The predicted molar refractivity (Wildman–Crippen MR) is 127 cm³/mol. The van der Waals surface area contributed by atoms with Gasteiger partial charge in [0.1, 0.15) is 0 Å². The molecule has 0 radical (unpaired) electrons. The number of carbonyl (C=O) groups is 2. The van der Waals surface area contributed by atoms with Gasteiger partial charge in [-0.3, -0.25) is 9.59 Å². The molecule has 0 bridgehead atoms.